The normalized spacial score (nSPS) is 9.58. The van der Waals surface area contributed by atoms with Crippen LogP contribution in [0.25, 0.3) is 0 Å². The van der Waals surface area contributed by atoms with Crippen LogP contribution in [0.5, 0.6) is 0 Å². The topological polar surface area (TPSA) is 53.2 Å². The molecule has 0 unspecified atom stereocenters. The lowest BCUT2D eigenvalue weighted by Gasteiger charge is -2.09. The molecular weight excluding hydrogens is 272 g/mol. The Morgan fingerprint density at radius 1 is 1.32 bits per heavy atom. The smallest absolute Gasteiger partial charge is 0.243 e. The molecule has 7 heteroatoms. The number of carbonyl (C=O) groups excluding carboxylic acids is 1. The first kappa shape index (κ1) is 15.0. The molecule has 1 rings (SSSR count). The van der Waals surface area contributed by atoms with Crippen molar-refractivity contribution in [2.75, 3.05) is 18.4 Å². The molecule has 0 radical (unpaired) electrons. The maximum Gasteiger partial charge on any atom is 0.243 e. The van der Waals surface area contributed by atoms with E-state index < -0.39 is 17.5 Å². The van der Waals surface area contributed by atoms with Gasteiger partial charge < -0.3 is 16.0 Å². The van der Waals surface area contributed by atoms with E-state index in [-0.39, 0.29) is 12.2 Å². The van der Waals surface area contributed by atoms with E-state index in [0.29, 0.717) is 11.7 Å². The lowest BCUT2D eigenvalue weighted by atomic mass is 10.3. The van der Waals surface area contributed by atoms with E-state index in [1.54, 1.807) is 6.08 Å². The first-order valence-electron chi connectivity index (χ1n) is 5.40. The predicted molar refractivity (Wildman–Crippen MR) is 73.8 cm³/mol. The molecule has 1 aromatic rings. The summed E-state index contributed by atoms with van der Waals surface area (Å²) in [6.07, 6.45) is 1.62. The maximum atomic E-state index is 12.9. The van der Waals surface area contributed by atoms with E-state index >= 15 is 0 Å². The zero-order chi connectivity index (χ0) is 14.3. The van der Waals surface area contributed by atoms with Gasteiger partial charge in [0, 0.05) is 18.3 Å². The van der Waals surface area contributed by atoms with Crippen LogP contribution in [-0.4, -0.2) is 24.1 Å². The largest absolute Gasteiger partial charge is 0.359 e. The third-order valence-electron chi connectivity index (χ3n) is 2.02. The summed E-state index contributed by atoms with van der Waals surface area (Å²) in [6, 6.07) is 3.11. The van der Waals surface area contributed by atoms with E-state index in [2.05, 4.69) is 22.5 Å². The third-order valence-corrected chi connectivity index (χ3v) is 2.31. The first-order valence-corrected chi connectivity index (χ1v) is 5.81. The highest BCUT2D eigenvalue weighted by atomic mass is 32.1. The van der Waals surface area contributed by atoms with Crippen LogP contribution in [0.1, 0.15) is 0 Å². The van der Waals surface area contributed by atoms with Crippen molar-refractivity contribution in [3.8, 4) is 0 Å². The second-order valence-electron chi connectivity index (χ2n) is 3.53. The van der Waals surface area contributed by atoms with Crippen LogP contribution < -0.4 is 16.0 Å². The van der Waals surface area contributed by atoms with Gasteiger partial charge in [0.1, 0.15) is 0 Å². The first-order chi connectivity index (χ1) is 9.02. The quantitative estimate of drug-likeness (QED) is 0.567. The Kier molecular flexibility index (Phi) is 5.87. The highest BCUT2D eigenvalue weighted by Gasteiger charge is 2.06. The average Bonchev–Trinajstić information content (AvgIpc) is 2.38. The van der Waals surface area contributed by atoms with E-state index in [4.69, 9.17) is 12.2 Å². The number of hydrogen-bond acceptors (Lipinski definition) is 2. The summed E-state index contributed by atoms with van der Waals surface area (Å²) in [5.74, 6) is -2.41. The van der Waals surface area contributed by atoms with E-state index in [1.807, 2.05) is 0 Å². The minimum absolute atomic E-state index is 0.0814. The lowest BCUT2D eigenvalue weighted by molar-refractivity contribution is -0.115. The molecule has 1 aromatic carbocycles. The van der Waals surface area contributed by atoms with Crippen molar-refractivity contribution in [2.45, 2.75) is 0 Å². The molecule has 0 saturated carbocycles. The van der Waals surface area contributed by atoms with Gasteiger partial charge in [0.15, 0.2) is 16.7 Å². The van der Waals surface area contributed by atoms with Gasteiger partial charge in [0.25, 0.3) is 0 Å². The van der Waals surface area contributed by atoms with E-state index in [9.17, 15) is 13.6 Å². The van der Waals surface area contributed by atoms with Gasteiger partial charge in [-0.1, -0.05) is 6.08 Å². The number of carbonyl (C=O) groups is 1. The number of anilines is 1. The van der Waals surface area contributed by atoms with Crippen LogP contribution in [-0.2, 0) is 4.79 Å². The molecule has 0 aliphatic heterocycles. The molecule has 1 amide bonds. The molecule has 0 fully saturated rings. The summed E-state index contributed by atoms with van der Waals surface area (Å²) in [7, 11) is 0. The second kappa shape index (κ2) is 7.42. The van der Waals surface area contributed by atoms with Gasteiger partial charge >= 0.3 is 0 Å². The number of hydrogen-bond donors (Lipinski definition) is 3. The Balaban J connectivity index is 2.40. The summed E-state index contributed by atoms with van der Waals surface area (Å²) >= 11 is 4.88. The van der Waals surface area contributed by atoms with Gasteiger partial charge in [-0.25, -0.2) is 8.78 Å². The van der Waals surface area contributed by atoms with Crippen molar-refractivity contribution in [2.24, 2.45) is 0 Å². The standard InChI is InChI=1S/C12H13F2N3OS/c1-2-5-15-12(19)16-7-11(18)17-8-3-4-9(13)10(14)6-8/h2-4,6H,1,5,7H2,(H,17,18)(H2,15,16,19). The Morgan fingerprint density at radius 3 is 2.68 bits per heavy atom. The zero-order valence-corrected chi connectivity index (χ0v) is 10.8. The fourth-order valence-corrected chi connectivity index (χ4v) is 1.32. The number of amides is 1. The molecule has 102 valence electrons. The molecule has 0 heterocycles. The molecule has 3 N–H and O–H groups in total. The van der Waals surface area contributed by atoms with Gasteiger partial charge in [0.2, 0.25) is 5.91 Å². The van der Waals surface area contributed by atoms with Gasteiger partial charge in [-0.3, -0.25) is 4.79 Å². The molecule has 4 nitrogen and oxygen atoms in total. The van der Waals surface area contributed by atoms with Crippen LogP contribution >= 0.6 is 12.2 Å². The minimum atomic E-state index is -1.02. The molecular formula is C12H13F2N3OS. The number of thiocarbonyl (C=S) groups is 1. The van der Waals surface area contributed by atoms with Crippen LogP contribution in [0.3, 0.4) is 0 Å². The summed E-state index contributed by atoms with van der Waals surface area (Å²) in [5, 5.41) is 8.15. The van der Waals surface area contributed by atoms with Crippen molar-refractivity contribution in [3.05, 3.63) is 42.5 Å². The molecule has 0 atom stereocenters. The third kappa shape index (κ3) is 5.43. The Morgan fingerprint density at radius 2 is 2.05 bits per heavy atom. The van der Waals surface area contributed by atoms with Crippen molar-refractivity contribution in [1.29, 1.82) is 0 Å². The number of nitrogens with one attached hydrogen (secondary N) is 3. The molecule has 0 aliphatic rings. The van der Waals surface area contributed by atoms with Crippen molar-refractivity contribution in [3.63, 3.8) is 0 Å². The summed E-state index contributed by atoms with van der Waals surface area (Å²) in [5.41, 5.74) is 0.177. The summed E-state index contributed by atoms with van der Waals surface area (Å²) < 4.78 is 25.6. The van der Waals surface area contributed by atoms with E-state index in [0.717, 1.165) is 12.1 Å². The highest BCUT2D eigenvalue weighted by molar-refractivity contribution is 7.80. The Hall–Kier alpha value is -2.02. The summed E-state index contributed by atoms with van der Waals surface area (Å²) in [6.45, 7) is 3.91. The van der Waals surface area contributed by atoms with Crippen LogP contribution in [0.15, 0.2) is 30.9 Å². The lowest BCUT2D eigenvalue weighted by Crippen LogP contribution is -2.39. The zero-order valence-electron chi connectivity index (χ0n) is 10.0. The molecule has 0 aromatic heterocycles. The molecule has 0 saturated heterocycles. The van der Waals surface area contributed by atoms with Crippen molar-refractivity contribution < 1.29 is 13.6 Å². The van der Waals surface area contributed by atoms with Gasteiger partial charge in [-0.2, -0.15) is 0 Å². The Bertz CT molecular complexity index is 494. The fraction of sp³-hybridized carbons (Fsp3) is 0.167. The average molecular weight is 285 g/mol. The monoisotopic (exact) mass is 285 g/mol. The number of benzene rings is 1. The molecule has 0 aliphatic carbocycles. The van der Waals surface area contributed by atoms with Gasteiger partial charge in [0.05, 0.1) is 6.54 Å². The van der Waals surface area contributed by atoms with E-state index in [1.165, 1.54) is 6.07 Å². The predicted octanol–water partition coefficient (Wildman–Crippen LogP) is 1.55. The second-order valence-corrected chi connectivity index (χ2v) is 3.94. The Labute approximate surface area is 114 Å². The maximum absolute atomic E-state index is 12.9. The van der Waals surface area contributed by atoms with Crippen LogP contribution in [0.2, 0.25) is 0 Å². The number of rotatable bonds is 5. The fourth-order valence-electron chi connectivity index (χ4n) is 1.17. The molecule has 0 spiro atoms. The number of halogens is 2. The van der Waals surface area contributed by atoms with Gasteiger partial charge in [-0.15, -0.1) is 6.58 Å². The SMILES string of the molecule is C=CCNC(=S)NCC(=O)Nc1ccc(F)c(F)c1. The van der Waals surface area contributed by atoms with Crippen molar-refractivity contribution in [1.82, 2.24) is 10.6 Å². The van der Waals surface area contributed by atoms with Gasteiger partial charge in [-0.05, 0) is 24.4 Å². The summed E-state index contributed by atoms with van der Waals surface area (Å²) in [4.78, 5) is 11.5. The molecule has 0 bridgehead atoms. The van der Waals surface area contributed by atoms with Crippen molar-refractivity contribution >= 4 is 28.9 Å². The minimum Gasteiger partial charge on any atom is -0.359 e. The van der Waals surface area contributed by atoms with Crippen LogP contribution in [0.4, 0.5) is 14.5 Å². The highest BCUT2D eigenvalue weighted by Crippen LogP contribution is 2.12. The van der Waals surface area contributed by atoms with Crippen LogP contribution in [0, 0.1) is 11.6 Å². The molecule has 19 heavy (non-hydrogen) atoms.